The van der Waals surface area contributed by atoms with Crippen LogP contribution in [0.3, 0.4) is 0 Å². The molecule has 0 radical (unpaired) electrons. The molecule has 0 saturated carbocycles. The Balaban J connectivity index is 3.18. The second-order valence-electron chi connectivity index (χ2n) is 6.25. The zero-order chi connectivity index (χ0) is 16.5. The molecule has 130 valence electrons. The molecule has 0 aromatic heterocycles. The van der Waals surface area contributed by atoms with Crippen molar-refractivity contribution in [2.75, 3.05) is 7.11 Å². The average molecular weight is 312 g/mol. The van der Waals surface area contributed by atoms with Gasteiger partial charge in [0.2, 0.25) is 0 Å². The van der Waals surface area contributed by atoms with Crippen LogP contribution < -0.4 is 0 Å². The summed E-state index contributed by atoms with van der Waals surface area (Å²) in [5.74, 6) is 0.350. The van der Waals surface area contributed by atoms with E-state index in [2.05, 4.69) is 11.7 Å². The molecule has 0 heterocycles. The van der Waals surface area contributed by atoms with E-state index in [-0.39, 0.29) is 5.97 Å². The van der Waals surface area contributed by atoms with E-state index in [1.165, 1.54) is 58.5 Å². The van der Waals surface area contributed by atoms with Crippen LogP contribution in [0.15, 0.2) is 0 Å². The van der Waals surface area contributed by atoms with E-state index in [0.29, 0.717) is 12.2 Å². The highest BCUT2D eigenvalue weighted by molar-refractivity contribution is 5.78. The van der Waals surface area contributed by atoms with Crippen molar-refractivity contribution < 1.29 is 14.3 Å². The Morgan fingerprint density at radius 1 is 0.636 bits per heavy atom. The Labute approximate surface area is 137 Å². The molecule has 0 spiro atoms. The average Bonchev–Trinajstić information content (AvgIpc) is 2.52. The van der Waals surface area contributed by atoms with Crippen molar-refractivity contribution in [2.24, 2.45) is 0 Å². The van der Waals surface area contributed by atoms with E-state index in [1.54, 1.807) is 0 Å². The quantitative estimate of drug-likeness (QED) is 0.275. The molecule has 3 heteroatoms. The van der Waals surface area contributed by atoms with Crippen LogP contribution in [0.2, 0.25) is 0 Å². The van der Waals surface area contributed by atoms with E-state index < -0.39 is 0 Å². The number of hydrogen-bond acceptors (Lipinski definition) is 3. The van der Waals surface area contributed by atoms with Crippen molar-refractivity contribution in [2.45, 2.75) is 103 Å². The third-order valence-corrected chi connectivity index (χ3v) is 4.12. The zero-order valence-electron chi connectivity index (χ0n) is 14.8. The summed E-state index contributed by atoms with van der Waals surface area (Å²) >= 11 is 0. The van der Waals surface area contributed by atoms with Gasteiger partial charge in [-0.2, -0.15) is 0 Å². The number of carbonyl (C=O) groups excluding carboxylic acids is 2. The SMILES string of the molecule is CCCCCCCC(=O)CCCCCCCCCC(=O)OC. The number of rotatable bonds is 16. The first-order valence-electron chi connectivity index (χ1n) is 9.29. The number of ketones is 1. The molecule has 0 saturated heterocycles. The fourth-order valence-corrected chi connectivity index (χ4v) is 2.63. The first kappa shape index (κ1) is 21.1. The summed E-state index contributed by atoms with van der Waals surface area (Å²) in [7, 11) is 1.44. The van der Waals surface area contributed by atoms with E-state index >= 15 is 0 Å². The van der Waals surface area contributed by atoms with Crippen molar-refractivity contribution in [3.05, 3.63) is 0 Å². The monoisotopic (exact) mass is 312 g/mol. The van der Waals surface area contributed by atoms with Crippen LogP contribution in [0.1, 0.15) is 103 Å². The van der Waals surface area contributed by atoms with Gasteiger partial charge in [-0.25, -0.2) is 0 Å². The van der Waals surface area contributed by atoms with Crippen molar-refractivity contribution in [3.63, 3.8) is 0 Å². The van der Waals surface area contributed by atoms with Gasteiger partial charge < -0.3 is 4.74 Å². The van der Waals surface area contributed by atoms with Crippen LogP contribution in [0.5, 0.6) is 0 Å². The molecule has 0 fully saturated rings. The topological polar surface area (TPSA) is 43.4 Å². The van der Waals surface area contributed by atoms with E-state index in [4.69, 9.17) is 0 Å². The smallest absolute Gasteiger partial charge is 0.305 e. The fourth-order valence-electron chi connectivity index (χ4n) is 2.63. The van der Waals surface area contributed by atoms with Crippen LogP contribution in [0.4, 0.5) is 0 Å². The Bertz CT molecular complexity index is 274. The summed E-state index contributed by atoms with van der Waals surface area (Å²) in [6, 6.07) is 0. The molecule has 0 unspecified atom stereocenters. The van der Waals surface area contributed by atoms with Crippen molar-refractivity contribution >= 4 is 11.8 Å². The number of carbonyl (C=O) groups is 2. The maximum atomic E-state index is 11.7. The van der Waals surface area contributed by atoms with Crippen molar-refractivity contribution in [3.8, 4) is 0 Å². The Hall–Kier alpha value is -0.860. The first-order chi connectivity index (χ1) is 10.7. The van der Waals surface area contributed by atoms with Gasteiger partial charge in [0.1, 0.15) is 5.78 Å². The minimum Gasteiger partial charge on any atom is -0.469 e. The molecule has 0 N–H and O–H groups in total. The number of hydrogen-bond donors (Lipinski definition) is 0. The molecule has 0 aliphatic heterocycles. The summed E-state index contributed by atoms with van der Waals surface area (Å²) in [5, 5.41) is 0. The maximum absolute atomic E-state index is 11.7. The molecule has 3 nitrogen and oxygen atoms in total. The summed E-state index contributed by atoms with van der Waals surface area (Å²) in [6.07, 6.45) is 16.1. The van der Waals surface area contributed by atoms with Crippen molar-refractivity contribution in [1.82, 2.24) is 0 Å². The lowest BCUT2D eigenvalue weighted by atomic mass is 10.0. The highest BCUT2D eigenvalue weighted by Gasteiger charge is 2.02. The minimum absolute atomic E-state index is 0.104. The number of esters is 1. The first-order valence-corrected chi connectivity index (χ1v) is 9.29. The molecule has 22 heavy (non-hydrogen) atoms. The summed E-state index contributed by atoms with van der Waals surface area (Å²) in [6.45, 7) is 2.21. The predicted octanol–water partition coefficient (Wildman–Crippen LogP) is 5.60. The minimum atomic E-state index is -0.104. The lowest BCUT2D eigenvalue weighted by molar-refractivity contribution is -0.140. The highest BCUT2D eigenvalue weighted by Crippen LogP contribution is 2.12. The van der Waals surface area contributed by atoms with Gasteiger partial charge in [0, 0.05) is 19.3 Å². The zero-order valence-corrected chi connectivity index (χ0v) is 14.8. The third-order valence-electron chi connectivity index (χ3n) is 4.12. The standard InChI is InChI=1S/C19H36O3/c1-3-4-5-9-12-15-18(20)16-13-10-7-6-8-11-14-17-19(21)22-2/h3-17H2,1-2H3. The van der Waals surface area contributed by atoms with E-state index in [1.807, 2.05) is 0 Å². The van der Waals surface area contributed by atoms with Gasteiger partial charge in [0.25, 0.3) is 0 Å². The lowest BCUT2D eigenvalue weighted by Gasteiger charge is -2.03. The summed E-state index contributed by atoms with van der Waals surface area (Å²) < 4.78 is 4.61. The third kappa shape index (κ3) is 15.5. The van der Waals surface area contributed by atoms with Gasteiger partial charge >= 0.3 is 5.97 Å². The second kappa shape index (κ2) is 16.5. The van der Waals surface area contributed by atoms with Crippen LogP contribution in [-0.2, 0) is 14.3 Å². The van der Waals surface area contributed by atoms with Gasteiger partial charge in [-0.05, 0) is 19.3 Å². The lowest BCUT2D eigenvalue weighted by Crippen LogP contribution is -1.99. The fraction of sp³-hybridized carbons (Fsp3) is 0.895. The van der Waals surface area contributed by atoms with Crippen molar-refractivity contribution in [1.29, 1.82) is 0 Å². The van der Waals surface area contributed by atoms with Crippen LogP contribution in [0, 0.1) is 0 Å². The molecule has 0 atom stereocenters. The van der Waals surface area contributed by atoms with Gasteiger partial charge in [0.15, 0.2) is 0 Å². The molecule has 0 aromatic carbocycles. The Morgan fingerprint density at radius 3 is 1.50 bits per heavy atom. The van der Waals surface area contributed by atoms with Gasteiger partial charge in [-0.1, -0.05) is 64.7 Å². The maximum Gasteiger partial charge on any atom is 0.305 e. The van der Waals surface area contributed by atoms with Gasteiger partial charge in [-0.3, -0.25) is 9.59 Å². The molecular formula is C19H36O3. The van der Waals surface area contributed by atoms with Crippen LogP contribution in [-0.4, -0.2) is 18.9 Å². The number of ether oxygens (including phenoxy) is 1. The molecular weight excluding hydrogens is 276 g/mol. The van der Waals surface area contributed by atoms with Crippen LogP contribution >= 0.6 is 0 Å². The molecule has 0 aromatic rings. The van der Waals surface area contributed by atoms with Gasteiger partial charge in [0.05, 0.1) is 7.11 Å². The Kier molecular flexibility index (Phi) is 15.9. The van der Waals surface area contributed by atoms with Crippen LogP contribution in [0.25, 0.3) is 0 Å². The predicted molar refractivity (Wildman–Crippen MR) is 92.0 cm³/mol. The number of Topliss-reactive ketones (excluding diaryl/α,β-unsaturated/α-hetero) is 1. The highest BCUT2D eigenvalue weighted by atomic mass is 16.5. The second-order valence-corrected chi connectivity index (χ2v) is 6.25. The number of unbranched alkanes of at least 4 members (excludes halogenated alkanes) is 10. The van der Waals surface area contributed by atoms with E-state index in [0.717, 1.165) is 38.5 Å². The van der Waals surface area contributed by atoms with E-state index in [9.17, 15) is 9.59 Å². The molecule has 0 aliphatic carbocycles. The molecule has 0 rings (SSSR count). The summed E-state index contributed by atoms with van der Waals surface area (Å²) in [4.78, 5) is 22.6. The normalized spacial score (nSPS) is 10.6. The largest absolute Gasteiger partial charge is 0.469 e. The Morgan fingerprint density at radius 2 is 1.05 bits per heavy atom. The number of methoxy groups -OCH3 is 1. The molecule has 0 aliphatic rings. The van der Waals surface area contributed by atoms with Gasteiger partial charge in [-0.15, -0.1) is 0 Å². The summed E-state index contributed by atoms with van der Waals surface area (Å²) in [5.41, 5.74) is 0. The molecule has 0 bridgehead atoms. The molecule has 0 amide bonds.